The number of hydrogen-bond acceptors (Lipinski definition) is 4. The van der Waals surface area contributed by atoms with Crippen LogP contribution < -0.4 is 0 Å². The number of hydrogen-bond donors (Lipinski definition) is 2. The number of nitrogens with zero attached hydrogens (tertiary/aromatic N) is 2. The summed E-state index contributed by atoms with van der Waals surface area (Å²) >= 11 is 4.22. The van der Waals surface area contributed by atoms with Crippen molar-refractivity contribution in [3.63, 3.8) is 0 Å². The molecule has 0 fully saturated rings. The van der Waals surface area contributed by atoms with Crippen molar-refractivity contribution in [2.75, 3.05) is 0 Å². The minimum absolute atomic E-state index is 0.00793. The second-order valence-electron chi connectivity index (χ2n) is 3.43. The molecule has 0 radical (unpaired) electrons. The van der Waals surface area contributed by atoms with Crippen LogP contribution in [0, 0.1) is 7.14 Å². The Balaban J connectivity index is 2.38. The summed E-state index contributed by atoms with van der Waals surface area (Å²) in [5.74, 6) is 0.412. The Hall–Kier alpha value is -0.900. The lowest BCUT2D eigenvalue weighted by atomic mass is 10.2. The van der Waals surface area contributed by atoms with Gasteiger partial charge in [0.25, 0.3) is 0 Å². The van der Waals surface area contributed by atoms with Crippen molar-refractivity contribution in [3.05, 3.63) is 43.2 Å². The molecule has 0 aliphatic heterocycles. The number of halogens is 2. The van der Waals surface area contributed by atoms with Crippen LogP contribution in [-0.2, 0) is 0 Å². The lowest BCUT2D eigenvalue weighted by Crippen LogP contribution is -1.88. The van der Waals surface area contributed by atoms with Crippen LogP contribution in [0.2, 0.25) is 0 Å². The number of phenolic OH excluding ortho intramolecular Hbond substituents is 1. The van der Waals surface area contributed by atoms with E-state index in [0.717, 1.165) is 7.14 Å². The number of aliphatic imine (C=N–C) groups is 1. The summed E-state index contributed by atoms with van der Waals surface area (Å²) in [7, 11) is 0. The standard InChI is InChI=1S/C12H8I2N2O2/c13-8-4-7(11(18)9(14)5-8)6-16-12-10(17)2-1-3-15-12/h1-6,17-18H. The second-order valence-corrected chi connectivity index (χ2v) is 5.84. The molecule has 2 aromatic rings. The van der Waals surface area contributed by atoms with Crippen LogP contribution in [0.5, 0.6) is 11.5 Å². The highest BCUT2D eigenvalue weighted by Gasteiger charge is 2.05. The van der Waals surface area contributed by atoms with Gasteiger partial charge in [-0.3, -0.25) is 0 Å². The molecule has 92 valence electrons. The maximum atomic E-state index is 9.88. The van der Waals surface area contributed by atoms with E-state index in [1.807, 2.05) is 12.1 Å². The smallest absolute Gasteiger partial charge is 0.194 e. The highest BCUT2D eigenvalue weighted by atomic mass is 127. The van der Waals surface area contributed by atoms with E-state index < -0.39 is 0 Å². The number of benzene rings is 1. The lowest BCUT2D eigenvalue weighted by molar-refractivity contribution is 0.470. The summed E-state index contributed by atoms with van der Waals surface area (Å²) in [6.45, 7) is 0. The first-order valence-electron chi connectivity index (χ1n) is 4.94. The van der Waals surface area contributed by atoms with E-state index in [-0.39, 0.29) is 17.3 Å². The van der Waals surface area contributed by atoms with Gasteiger partial charge in [-0.25, -0.2) is 9.98 Å². The molecule has 1 heterocycles. The van der Waals surface area contributed by atoms with Gasteiger partial charge in [0.2, 0.25) is 0 Å². The molecule has 2 N–H and O–H groups in total. The van der Waals surface area contributed by atoms with Crippen LogP contribution in [-0.4, -0.2) is 21.4 Å². The topological polar surface area (TPSA) is 65.7 Å². The molecule has 0 saturated heterocycles. The van der Waals surface area contributed by atoms with Crippen LogP contribution in [0.15, 0.2) is 35.5 Å². The highest BCUT2D eigenvalue weighted by Crippen LogP contribution is 2.27. The Morgan fingerprint density at radius 2 is 2.00 bits per heavy atom. The van der Waals surface area contributed by atoms with Crippen LogP contribution in [0.1, 0.15) is 5.56 Å². The minimum atomic E-state index is 0.00793. The summed E-state index contributed by atoms with van der Waals surface area (Å²) in [6, 6.07) is 6.81. The predicted molar refractivity (Wildman–Crippen MR) is 86.7 cm³/mol. The van der Waals surface area contributed by atoms with Gasteiger partial charge in [0, 0.05) is 21.5 Å². The monoisotopic (exact) mass is 466 g/mol. The van der Waals surface area contributed by atoms with E-state index >= 15 is 0 Å². The Labute approximate surface area is 131 Å². The average molecular weight is 466 g/mol. The van der Waals surface area contributed by atoms with Crippen molar-refractivity contribution in [3.8, 4) is 11.5 Å². The molecular weight excluding hydrogens is 458 g/mol. The minimum Gasteiger partial charge on any atom is -0.506 e. The van der Waals surface area contributed by atoms with Crippen molar-refractivity contribution in [1.82, 2.24) is 4.98 Å². The summed E-state index contributed by atoms with van der Waals surface area (Å²) in [6.07, 6.45) is 3.03. The molecule has 0 aliphatic rings. The molecule has 0 spiro atoms. The van der Waals surface area contributed by atoms with Gasteiger partial charge >= 0.3 is 0 Å². The predicted octanol–water partition coefficient (Wildman–Crippen LogP) is 3.45. The Morgan fingerprint density at radius 1 is 1.22 bits per heavy atom. The zero-order valence-electron chi connectivity index (χ0n) is 9.01. The summed E-state index contributed by atoms with van der Waals surface area (Å²) in [5.41, 5.74) is 0.594. The maximum absolute atomic E-state index is 9.88. The van der Waals surface area contributed by atoms with Gasteiger partial charge in [0.05, 0.1) is 3.57 Å². The van der Waals surface area contributed by atoms with E-state index in [1.54, 1.807) is 12.3 Å². The third-order valence-corrected chi connectivity index (χ3v) is 3.59. The Morgan fingerprint density at radius 3 is 2.72 bits per heavy atom. The second kappa shape index (κ2) is 5.83. The number of aromatic nitrogens is 1. The summed E-state index contributed by atoms with van der Waals surface area (Å²) < 4.78 is 1.76. The van der Waals surface area contributed by atoms with Gasteiger partial charge in [0.15, 0.2) is 11.6 Å². The average Bonchev–Trinajstić information content (AvgIpc) is 2.33. The molecule has 0 amide bonds. The molecule has 1 aromatic carbocycles. The molecule has 0 bridgehead atoms. The Bertz CT molecular complexity index is 615. The van der Waals surface area contributed by atoms with Crippen molar-refractivity contribution in [1.29, 1.82) is 0 Å². The van der Waals surface area contributed by atoms with Gasteiger partial charge < -0.3 is 10.2 Å². The number of rotatable bonds is 2. The molecule has 2 rings (SSSR count). The van der Waals surface area contributed by atoms with Gasteiger partial charge in [-0.2, -0.15) is 0 Å². The fourth-order valence-electron chi connectivity index (χ4n) is 1.30. The van der Waals surface area contributed by atoms with Crippen molar-refractivity contribution in [2.45, 2.75) is 0 Å². The highest BCUT2D eigenvalue weighted by molar-refractivity contribution is 14.1. The van der Waals surface area contributed by atoms with Crippen LogP contribution in [0.3, 0.4) is 0 Å². The van der Waals surface area contributed by atoms with Crippen LogP contribution >= 0.6 is 45.2 Å². The summed E-state index contributed by atoms with van der Waals surface area (Å²) in [5, 5.41) is 19.4. The van der Waals surface area contributed by atoms with Crippen molar-refractivity contribution in [2.24, 2.45) is 4.99 Å². The zero-order chi connectivity index (χ0) is 13.1. The molecule has 4 nitrogen and oxygen atoms in total. The first kappa shape index (κ1) is 13.5. The number of aromatic hydroxyl groups is 2. The molecule has 0 aliphatic carbocycles. The zero-order valence-corrected chi connectivity index (χ0v) is 13.3. The van der Waals surface area contributed by atoms with E-state index in [1.165, 1.54) is 12.3 Å². The van der Waals surface area contributed by atoms with E-state index in [4.69, 9.17) is 0 Å². The SMILES string of the molecule is Oc1cccnc1N=Cc1cc(I)cc(I)c1O. The van der Waals surface area contributed by atoms with Gasteiger partial charge in [-0.1, -0.05) is 0 Å². The van der Waals surface area contributed by atoms with Crippen LogP contribution in [0.25, 0.3) is 0 Å². The molecular formula is C12H8I2N2O2. The fourth-order valence-corrected chi connectivity index (χ4v) is 3.19. The molecule has 6 heteroatoms. The van der Waals surface area contributed by atoms with E-state index in [9.17, 15) is 10.2 Å². The third kappa shape index (κ3) is 3.10. The first-order chi connectivity index (χ1) is 8.58. The Kier molecular flexibility index (Phi) is 4.38. The van der Waals surface area contributed by atoms with Gasteiger partial charge in [-0.15, -0.1) is 0 Å². The fraction of sp³-hybridized carbons (Fsp3) is 0. The number of phenols is 1. The third-order valence-electron chi connectivity index (χ3n) is 2.15. The molecule has 1 aromatic heterocycles. The van der Waals surface area contributed by atoms with E-state index in [2.05, 4.69) is 55.2 Å². The van der Waals surface area contributed by atoms with E-state index in [0.29, 0.717) is 5.56 Å². The first-order valence-corrected chi connectivity index (χ1v) is 7.10. The van der Waals surface area contributed by atoms with Crippen molar-refractivity contribution >= 4 is 57.2 Å². The molecule has 18 heavy (non-hydrogen) atoms. The summed E-state index contributed by atoms with van der Waals surface area (Å²) in [4.78, 5) is 8.00. The van der Waals surface area contributed by atoms with Gasteiger partial charge in [-0.05, 0) is 69.4 Å². The van der Waals surface area contributed by atoms with Crippen LogP contribution in [0.4, 0.5) is 5.82 Å². The van der Waals surface area contributed by atoms with Gasteiger partial charge in [0.1, 0.15) is 5.75 Å². The van der Waals surface area contributed by atoms with Crippen molar-refractivity contribution < 1.29 is 10.2 Å². The molecule has 0 unspecified atom stereocenters. The number of pyridine rings is 1. The maximum Gasteiger partial charge on any atom is 0.194 e. The largest absolute Gasteiger partial charge is 0.506 e. The molecule has 0 atom stereocenters. The quantitative estimate of drug-likeness (QED) is 0.527. The molecule has 0 saturated carbocycles. The normalized spacial score (nSPS) is 11.0. The lowest BCUT2D eigenvalue weighted by Gasteiger charge is -2.03.